The zero-order chi connectivity index (χ0) is 10.5. The van der Waals surface area contributed by atoms with Crippen LogP contribution in [-0.2, 0) is 0 Å². The van der Waals surface area contributed by atoms with Gasteiger partial charge in [-0.05, 0) is 37.6 Å². The summed E-state index contributed by atoms with van der Waals surface area (Å²) in [6.45, 7) is 1.52. The van der Waals surface area contributed by atoms with E-state index in [1.54, 1.807) is 0 Å². The van der Waals surface area contributed by atoms with Gasteiger partial charge in [0.25, 0.3) is 0 Å². The standard InChI is InChI=1S/C13H25NO/c15-10-12(11-4-1-2-5-11)8-9-14-13-6-3-7-13/h11-15H,1-10H2. The summed E-state index contributed by atoms with van der Waals surface area (Å²) in [5.74, 6) is 1.39. The first-order valence-electron chi connectivity index (χ1n) is 6.74. The number of rotatable bonds is 6. The van der Waals surface area contributed by atoms with Gasteiger partial charge in [0.2, 0.25) is 0 Å². The van der Waals surface area contributed by atoms with E-state index in [0.29, 0.717) is 12.5 Å². The second-order valence-corrected chi connectivity index (χ2v) is 5.36. The Morgan fingerprint density at radius 3 is 2.33 bits per heavy atom. The molecule has 0 amide bonds. The van der Waals surface area contributed by atoms with E-state index in [0.717, 1.165) is 18.5 Å². The molecule has 0 aromatic rings. The number of hydrogen-bond donors (Lipinski definition) is 2. The van der Waals surface area contributed by atoms with Crippen molar-refractivity contribution in [3.05, 3.63) is 0 Å². The summed E-state index contributed by atoms with van der Waals surface area (Å²) in [4.78, 5) is 0. The summed E-state index contributed by atoms with van der Waals surface area (Å²) in [6, 6.07) is 0.799. The van der Waals surface area contributed by atoms with Crippen LogP contribution in [0.4, 0.5) is 0 Å². The lowest BCUT2D eigenvalue weighted by Gasteiger charge is -2.28. The predicted octanol–water partition coefficient (Wildman–Crippen LogP) is 2.32. The summed E-state index contributed by atoms with van der Waals surface area (Å²) >= 11 is 0. The Hall–Kier alpha value is -0.0800. The minimum Gasteiger partial charge on any atom is -0.396 e. The fourth-order valence-electron chi connectivity index (χ4n) is 2.99. The molecule has 2 heteroatoms. The van der Waals surface area contributed by atoms with Crippen LogP contribution in [0.3, 0.4) is 0 Å². The molecule has 2 aliphatic carbocycles. The van der Waals surface area contributed by atoms with Crippen LogP contribution in [0.15, 0.2) is 0 Å². The molecular weight excluding hydrogens is 186 g/mol. The summed E-state index contributed by atoms with van der Waals surface area (Å²) in [7, 11) is 0. The Morgan fingerprint density at radius 1 is 1.07 bits per heavy atom. The van der Waals surface area contributed by atoms with Crippen molar-refractivity contribution in [2.45, 2.75) is 57.4 Å². The zero-order valence-corrected chi connectivity index (χ0v) is 9.75. The molecule has 0 radical (unpaired) electrons. The minimum atomic E-state index is 0.400. The fourth-order valence-corrected chi connectivity index (χ4v) is 2.99. The molecule has 1 unspecified atom stereocenters. The molecule has 2 fully saturated rings. The molecule has 2 saturated carbocycles. The van der Waals surface area contributed by atoms with Crippen molar-refractivity contribution in [1.29, 1.82) is 0 Å². The Kier molecular flexibility index (Phi) is 4.45. The first-order valence-corrected chi connectivity index (χ1v) is 6.74. The van der Waals surface area contributed by atoms with Crippen LogP contribution < -0.4 is 5.32 Å². The Labute approximate surface area is 93.5 Å². The van der Waals surface area contributed by atoms with Crippen LogP contribution >= 0.6 is 0 Å². The van der Waals surface area contributed by atoms with Gasteiger partial charge in [0.1, 0.15) is 0 Å². The van der Waals surface area contributed by atoms with Gasteiger partial charge in [0.05, 0.1) is 0 Å². The van der Waals surface area contributed by atoms with E-state index < -0.39 is 0 Å². The third-order valence-electron chi connectivity index (χ3n) is 4.35. The van der Waals surface area contributed by atoms with Gasteiger partial charge in [-0.25, -0.2) is 0 Å². The SMILES string of the molecule is OCC(CCNC1CCC1)C1CCCC1. The number of hydrogen-bond acceptors (Lipinski definition) is 2. The van der Waals surface area contributed by atoms with Gasteiger partial charge in [0, 0.05) is 12.6 Å². The maximum Gasteiger partial charge on any atom is 0.0462 e. The minimum absolute atomic E-state index is 0.400. The Morgan fingerprint density at radius 2 is 1.80 bits per heavy atom. The van der Waals surface area contributed by atoms with Gasteiger partial charge < -0.3 is 10.4 Å². The Bertz CT molecular complexity index is 173. The lowest BCUT2D eigenvalue weighted by Crippen LogP contribution is -2.37. The summed E-state index contributed by atoms with van der Waals surface area (Å²) in [5.41, 5.74) is 0. The maximum atomic E-state index is 9.40. The van der Waals surface area contributed by atoms with E-state index in [4.69, 9.17) is 0 Å². The lowest BCUT2D eigenvalue weighted by molar-refractivity contribution is 0.164. The fraction of sp³-hybridized carbons (Fsp3) is 1.00. The zero-order valence-electron chi connectivity index (χ0n) is 9.75. The molecule has 0 saturated heterocycles. The number of aliphatic hydroxyl groups excluding tert-OH is 1. The van der Waals surface area contributed by atoms with Crippen LogP contribution in [0, 0.1) is 11.8 Å². The molecule has 0 aliphatic heterocycles. The van der Waals surface area contributed by atoms with Crippen LogP contribution in [0.5, 0.6) is 0 Å². The van der Waals surface area contributed by atoms with Gasteiger partial charge in [-0.15, -0.1) is 0 Å². The van der Waals surface area contributed by atoms with Gasteiger partial charge >= 0.3 is 0 Å². The maximum absolute atomic E-state index is 9.40. The van der Waals surface area contributed by atoms with Crippen LogP contribution in [0.25, 0.3) is 0 Å². The molecule has 0 spiro atoms. The van der Waals surface area contributed by atoms with Crippen LogP contribution in [0.1, 0.15) is 51.4 Å². The monoisotopic (exact) mass is 211 g/mol. The predicted molar refractivity (Wildman–Crippen MR) is 62.8 cm³/mol. The molecule has 0 bridgehead atoms. The normalized spacial score (nSPS) is 25.4. The van der Waals surface area contributed by atoms with Crippen molar-refractivity contribution in [1.82, 2.24) is 5.32 Å². The average Bonchev–Trinajstić information content (AvgIpc) is 2.68. The average molecular weight is 211 g/mol. The highest BCUT2D eigenvalue weighted by molar-refractivity contribution is 4.79. The molecular formula is C13H25NO. The largest absolute Gasteiger partial charge is 0.396 e. The van der Waals surface area contributed by atoms with Crippen molar-refractivity contribution in [3.8, 4) is 0 Å². The third kappa shape index (κ3) is 3.18. The van der Waals surface area contributed by atoms with E-state index in [-0.39, 0.29) is 0 Å². The smallest absolute Gasteiger partial charge is 0.0462 e. The lowest BCUT2D eigenvalue weighted by atomic mass is 9.88. The molecule has 88 valence electrons. The highest BCUT2D eigenvalue weighted by Gasteiger charge is 2.24. The molecule has 0 heterocycles. The van der Waals surface area contributed by atoms with Crippen molar-refractivity contribution < 1.29 is 5.11 Å². The first kappa shape index (κ1) is 11.4. The number of aliphatic hydroxyl groups is 1. The summed E-state index contributed by atoms with van der Waals surface area (Å²) in [5, 5.41) is 13.0. The molecule has 2 N–H and O–H groups in total. The topological polar surface area (TPSA) is 32.3 Å². The van der Waals surface area contributed by atoms with E-state index in [1.165, 1.54) is 51.4 Å². The van der Waals surface area contributed by atoms with Crippen molar-refractivity contribution in [2.75, 3.05) is 13.2 Å². The highest BCUT2D eigenvalue weighted by Crippen LogP contribution is 2.32. The van der Waals surface area contributed by atoms with Crippen molar-refractivity contribution >= 4 is 0 Å². The third-order valence-corrected chi connectivity index (χ3v) is 4.35. The highest BCUT2D eigenvalue weighted by atomic mass is 16.3. The first-order chi connectivity index (χ1) is 7.40. The van der Waals surface area contributed by atoms with Gasteiger partial charge in [-0.1, -0.05) is 32.1 Å². The Balaban J connectivity index is 1.61. The van der Waals surface area contributed by atoms with Gasteiger partial charge in [0.15, 0.2) is 0 Å². The molecule has 2 rings (SSSR count). The van der Waals surface area contributed by atoms with E-state index in [2.05, 4.69) is 5.32 Å². The van der Waals surface area contributed by atoms with E-state index >= 15 is 0 Å². The van der Waals surface area contributed by atoms with Gasteiger partial charge in [-0.3, -0.25) is 0 Å². The number of nitrogens with one attached hydrogen (secondary N) is 1. The molecule has 0 aromatic heterocycles. The van der Waals surface area contributed by atoms with E-state index in [1.807, 2.05) is 0 Å². The molecule has 0 aromatic carbocycles. The molecule has 1 atom stereocenters. The molecule has 2 aliphatic rings. The van der Waals surface area contributed by atoms with Crippen molar-refractivity contribution in [3.63, 3.8) is 0 Å². The second-order valence-electron chi connectivity index (χ2n) is 5.36. The second kappa shape index (κ2) is 5.86. The molecule has 2 nitrogen and oxygen atoms in total. The summed E-state index contributed by atoms with van der Waals surface area (Å²) in [6.07, 6.45) is 10.8. The molecule has 15 heavy (non-hydrogen) atoms. The van der Waals surface area contributed by atoms with Crippen LogP contribution in [0.2, 0.25) is 0 Å². The quantitative estimate of drug-likeness (QED) is 0.706. The van der Waals surface area contributed by atoms with E-state index in [9.17, 15) is 5.11 Å². The van der Waals surface area contributed by atoms with Gasteiger partial charge in [-0.2, -0.15) is 0 Å². The van der Waals surface area contributed by atoms with Crippen LogP contribution in [-0.4, -0.2) is 24.3 Å². The van der Waals surface area contributed by atoms with Crippen molar-refractivity contribution in [2.24, 2.45) is 11.8 Å². The summed E-state index contributed by atoms with van der Waals surface area (Å²) < 4.78 is 0.